The van der Waals surface area contributed by atoms with Crippen LogP contribution in [-0.4, -0.2) is 19.6 Å². The lowest BCUT2D eigenvalue weighted by Crippen LogP contribution is -2.27. The van der Waals surface area contributed by atoms with Crippen LogP contribution in [0.3, 0.4) is 0 Å². The van der Waals surface area contributed by atoms with E-state index in [1.165, 1.54) is 12.0 Å². The molecule has 0 aromatic heterocycles. The van der Waals surface area contributed by atoms with Crippen molar-refractivity contribution in [1.82, 2.24) is 5.32 Å². The van der Waals surface area contributed by atoms with E-state index < -0.39 is 0 Å². The lowest BCUT2D eigenvalue weighted by Gasteiger charge is -2.05. The SMILES string of the molecule is COc1cccc([C@@H]2C[C@H]2CNC(=O)C2CC2)c1. The Bertz CT molecular complexity index is 454. The minimum absolute atomic E-state index is 0.256. The molecule has 2 saturated carbocycles. The zero-order valence-corrected chi connectivity index (χ0v) is 10.7. The molecule has 1 N–H and O–H groups in total. The monoisotopic (exact) mass is 245 g/mol. The van der Waals surface area contributed by atoms with Crippen LogP contribution in [0.25, 0.3) is 0 Å². The summed E-state index contributed by atoms with van der Waals surface area (Å²) < 4.78 is 5.24. The molecule has 2 aliphatic rings. The number of hydrogen-bond acceptors (Lipinski definition) is 2. The summed E-state index contributed by atoms with van der Waals surface area (Å²) >= 11 is 0. The van der Waals surface area contributed by atoms with Crippen LogP contribution >= 0.6 is 0 Å². The number of methoxy groups -OCH3 is 1. The molecule has 0 radical (unpaired) electrons. The molecule has 1 aromatic carbocycles. The average Bonchev–Trinajstić information content (AvgIpc) is 3.29. The first-order chi connectivity index (χ1) is 8.78. The van der Waals surface area contributed by atoms with Crippen LogP contribution < -0.4 is 10.1 Å². The molecular formula is C15H19NO2. The molecule has 0 spiro atoms. The molecule has 0 unspecified atom stereocenters. The third-order valence-electron chi connectivity index (χ3n) is 3.93. The van der Waals surface area contributed by atoms with E-state index in [0.29, 0.717) is 17.8 Å². The van der Waals surface area contributed by atoms with Crippen molar-refractivity contribution in [2.75, 3.05) is 13.7 Å². The molecule has 18 heavy (non-hydrogen) atoms. The van der Waals surface area contributed by atoms with E-state index in [-0.39, 0.29) is 5.91 Å². The Balaban J connectivity index is 1.51. The van der Waals surface area contributed by atoms with Crippen LogP contribution in [0.4, 0.5) is 0 Å². The molecule has 3 nitrogen and oxygen atoms in total. The van der Waals surface area contributed by atoms with E-state index >= 15 is 0 Å². The topological polar surface area (TPSA) is 38.3 Å². The molecule has 3 heteroatoms. The van der Waals surface area contributed by atoms with Crippen LogP contribution in [-0.2, 0) is 4.79 Å². The largest absolute Gasteiger partial charge is 0.497 e. The number of rotatable bonds is 5. The third kappa shape index (κ3) is 2.50. The lowest BCUT2D eigenvalue weighted by molar-refractivity contribution is -0.122. The van der Waals surface area contributed by atoms with Crippen LogP contribution in [0.2, 0.25) is 0 Å². The maximum absolute atomic E-state index is 11.6. The molecule has 3 rings (SSSR count). The Morgan fingerprint density at radius 2 is 2.28 bits per heavy atom. The van der Waals surface area contributed by atoms with Gasteiger partial charge in [0.05, 0.1) is 7.11 Å². The highest BCUT2D eigenvalue weighted by Crippen LogP contribution is 2.47. The number of carbonyl (C=O) groups is 1. The first-order valence-electron chi connectivity index (χ1n) is 6.69. The minimum Gasteiger partial charge on any atom is -0.497 e. The fraction of sp³-hybridized carbons (Fsp3) is 0.533. The standard InChI is InChI=1S/C15H19NO2/c1-18-13-4-2-3-11(7-13)14-8-12(14)9-16-15(17)10-5-6-10/h2-4,7,10,12,14H,5-6,8-9H2,1H3,(H,16,17)/t12-,14-/m0/s1. The van der Waals surface area contributed by atoms with Gasteiger partial charge in [-0.2, -0.15) is 0 Å². The molecule has 0 saturated heterocycles. The maximum atomic E-state index is 11.6. The predicted octanol–water partition coefficient (Wildman–Crippen LogP) is 2.32. The maximum Gasteiger partial charge on any atom is 0.223 e. The van der Waals surface area contributed by atoms with Gasteiger partial charge in [-0.15, -0.1) is 0 Å². The highest BCUT2D eigenvalue weighted by molar-refractivity contribution is 5.80. The molecule has 2 fully saturated rings. The van der Waals surface area contributed by atoms with Crippen LogP contribution in [0.15, 0.2) is 24.3 Å². The molecule has 0 bridgehead atoms. The molecule has 1 aromatic rings. The third-order valence-corrected chi connectivity index (χ3v) is 3.93. The van der Waals surface area contributed by atoms with Crippen molar-refractivity contribution >= 4 is 5.91 Å². The zero-order chi connectivity index (χ0) is 12.5. The summed E-state index contributed by atoms with van der Waals surface area (Å²) in [6, 6.07) is 8.26. The molecule has 0 heterocycles. The van der Waals surface area contributed by atoms with Crippen molar-refractivity contribution in [1.29, 1.82) is 0 Å². The van der Waals surface area contributed by atoms with Gasteiger partial charge >= 0.3 is 0 Å². The first-order valence-corrected chi connectivity index (χ1v) is 6.69. The molecule has 2 atom stereocenters. The van der Waals surface area contributed by atoms with Crippen molar-refractivity contribution < 1.29 is 9.53 Å². The van der Waals surface area contributed by atoms with Crippen molar-refractivity contribution in [3.05, 3.63) is 29.8 Å². The normalized spacial score (nSPS) is 25.6. The highest BCUT2D eigenvalue weighted by atomic mass is 16.5. The summed E-state index contributed by atoms with van der Waals surface area (Å²) in [6.07, 6.45) is 3.34. The van der Waals surface area contributed by atoms with E-state index in [1.54, 1.807) is 7.11 Å². The number of nitrogens with one attached hydrogen (secondary N) is 1. The van der Waals surface area contributed by atoms with Crippen molar-refractivity contribution in [2.45, 2.75) is 25.2 Å². The minimum atomic E-state index is 0.256. The van der Waals surface area contributed by atoms with E-state index in [0.717, 1.165) is 25.1 Å². The van der Waals surface area contributed by atoms with Crippen molar-refractivity contribution in [3.8, 4) is 5.75 Å². The second-order valence-corrected chi connectivity index (χ2v) is 5.40. The summed E-state index contributed by atoms with van der Waals surface area (Å²) in [5, 5.41) is 3.06. The highest BCUT2D eigenvalue weighted by Gasteiger charge is 2.39. The Kier molecular flexibility index (Phi) is 2.98. The second-order valence-electron chi connectivity index (χ2n) is 5.40. The Morgan fingerprint density at radius 1 is 1.44 bits per heavy atom. The van der Waals surface area contributed by atoms with Crippen LogP contribution in [0, 0.1) is 11.8 Å². The van der Waals surface area contributed by atoms with Gasteiger partial charge in [-0.25, -0.2) is 0 Å². The van der Waals surface area contributed by atoms with Gasteiger partial charge in [0.1, 0.15) is 5.75 Å². The first kappa shape index (κ1) is 11.6. The van der Waals surface area contributed by atoms with Crippen molar-refractivity contribution in [3.63, 3.8) is 0 Å². The van der Waals surface area contributed by atoms with Crippen LogP contribution in [0.5, 0.6) is 5.75 Å². The number of benzene rings is 1. The van der Waals surface area contributed by atoms with Gasteiger partial charge in [-0.1, -0.05) is 12.1 Å². The summed E-state index contributed by atoms with van der Waals surface area (Å²) in [5.74, 6) is 2.70. The number of ether oxygens (including phenoxy) is 1. The second kappa shape index (κ2) is 4.63. The molecule has 0 aliphatic heterocycles. The van der Waals surface area contributed by atoms with Crippen molar-refractivity contribution in [2.24, 2.45) is 11.8 Å². The number of amides is 1. The smallest absolute Gasteiger partial charge is 0.223 e. The van der Waals surface area contributed by atoms with Gasteiger partial charge in [-0.3, -0.25) is 4.79 Å². The fourth-order valence-electron chi connectivity index (χ4n) is 2.48. The van der Waals surface area contributed by atoms with E-state index in [4.69, 9.17) is 4.74 Å². The average molecular weight is 245 g/mol. The molecule has 2 aliphatic carbocycles. The summed E-state index contributed by atoms with van der Waals surface area (Å²) in [5.41, 5.74) is 1.33. The zero-order valence-electron chi connectivity index (χ0n) is 10.7. The Morgan fingerprint density at radius 3 is 3.00 bits per heavy atom. The van der Waals surface area contributed by atoms with Gasteiger partial charge in [0.25, 0.3) is 0 Å². The predicted molar refractivity (Wildman–Crippen MR) is 69.6 cm³/mol. The number of hydrogen-bond donors (Lipinski definition) is 1. The molecule has 96 valence electrons. The summed E-state index contributed by atoms with van der Waals surface area (Å²) in [4.78, 5) is 11.6. The van der Waals surface area contributed by atoms with Gasteiger partial charge in [-0.05, 0) is 48.8 Å². The summed E-state index contributed by atoms with van der Waals surface area (Å²) in [6.45, 7) is 0.831. The molecule has 1 amide bonds. The Hall–Kier alpha value is -1.51. The van der Waals surface area contributed by atoms with Gasteiger partial charge in [0.2, 0.25) is 5.91 Å². The van der Waals surface area contributed by atoms with Crippen LogP contribution in [0.1, 0.15) is 30.7 Å². The lowest BCUT2D eigenvalue weighted by atomic mass is 10.1. The van der Waals surface area contributed by atoms with E-state index in [2.05, 4.69) is 17.4 Å². The van der Waals surface area contributed by atoms with E-state index in [1.807, 2.05) is 12.1 Å². The molecular weight excluding hydrogens is 226 g/mol. The summed E-state index contributed by atoms with van der Waals surface area (Å²) in [7, 11) is 1.69. The quantitative estimate of drug-likeness (QED) is 0.864. The fourth-order valence-corrected chi connectivity index (χ4v) is 2.48. The van der Waals surface area contributed by atoms with Gasteiger partial charge < -0.3 is 10.1 Å². The van der Waals surface area contributed by atoms with Gasteiger partial charge in [0.15, 0.2) is 0 Å². The number of carbonyl (C=O) groups excluding carboxylic acids is 1. The van der Waals surface area contributed by atoms with E-state index in [9.17, 15) is 4.79 Å². The Labute approximate surface area is 108 Å². The van der Waals surface area contributed by atoms with Gasteiger partial charge in [0, 0.05) is 12.5 Å².